The number of hydrogen-bond donors (Lipinski definition) is 3. The van der Waals surface area contributed by atoms with Crippen molar-refractivity contribution in [1.29, 1.82) is 0 Å². The van der Waals surface area contributed by atoms with Gasteiger partial charge in [0.25, 0.3) is 0 Å². The number of carboxylic acid groups (broad SMARTS) is 1. The maximum atomic E-state index is 11.1. The molecule has 88 valence electrons. The molecule has 0 aliphatic rings. The molecule has 2 unspecified atom stereocenters. The van der Waals surface area contributed by atoms with E-state index in [-0.39, 0.29) is 5.92 Å². The van der Waals surface area contributed by atoms with Gasteiger partial charge < -0.3 is 10.8 Å². The highest BCUT2D eigenvalue weighted by molar-refractivity contribution is 7.82. The lowest BCUT2D eigenvalue weighted by atomic mass is 9.85. The lowest BCUT2D eigenvalue weighted by Gasteiger charge is -2.28. The van der Waals surface area contributed by atoms with Crippen LogP contribution in [0, 0.1) is 0 Å². The predicted molar refractivity (Wildman–Crippen MR) is 66.7 cm³/mol. The number of pyridine rings is 1. The minimum absolute atomic E-state index is 0.193. The first kappa shape index (κ1) is 12.8. The molecule has 1 aromatic rings. The van der Waals surface area contributed by atoms with Crippen molar-refractivity contribution < 1.29 is 9.90 Å². The van der Waals surface area contributed by atoms with Gasteiger partial charge in [0.05, 0.1) is 0 Å². The van der Waals surface area contributed by atoms with E-state index in [1.807, 2.05) is 6.92 Å². The highest BCUT2D eigenvalue weighted by Gasteiger charge is 2.37. The van der Waals surface area contributed by atoms with Gasteiger partial charge >= 0.3 is 5.97 Å². The summed E-state index contributed by atoms with van der Waals surface area (Å²) < 4.78 is -1.10. The first-order valence-corrected chi connectivity index (χ1v) is 5.51. The van der Waals surface area contributed by atoms with Crippen LogP contribution in [0.25, 0.3) is 0 Å². The van der Waals surface area contributed by atoms with Crippen molar-refractivity contribution in [1.82, 2.24) is 4.98 Å². The molecule has 1 rings (SSSR count). The van der Waals surface area contributed by atoms with Crippen LogP contribution in [0.3, 0.4) is 0 Å². The molecule has 0 radical (unpaired) electrons. The Balaban J connectivity index is 3.07. The molecule has 0 aliphatic heterocycles. The molecule has 16 heavy (non-hydrogen) atoms. The van der Waals surface area contributed by atoms with Gasteiger partial charge in [-0.25, -0.2) is 4.98 Å². The van der Waals surface area contributed by atoms with E-state index in [4.69, 9.17) is 10.8 Å². The summed E-state index contributed by atoms with van der Waals surface area (Å²) in [5.74, 6) is -0.698. The molecule has 5 heteroatoms. The number of nitrogen functional groups attached to an aromatic ring is 1. The summed E-state index contributed by atoms with van der Waals surface area (Å²) in [5.41, 5.74) is 6.33. The van der Waals surface area contributed by atoms with Gasteiger partial charge in [0, 0.05) is 12.1 Å². The normalized spacial score (nSPS) is 16.4. The van der Waals surface area contributed by atoms with Crippen molar-refractivity contribution in [3.63, 3.8) is 0 Å². The van der Waals surface area contributed by atoms with Crippen LogP contribution in [0.15, 0.2) is 18.3 Å². The molecule has 0 fully saturated rings. The van der Waals surface area contributed by atoms with E-state index in [1.54, 1.807) is 25.3 Å². The predicted octanol–water partition coefficient (Wildman–Crippen LogP) is 1.93. The smallest absolute Gasteiger partial charge is 0.319 e. The van der Waals surface area contributed by atoms with E-state index in [9.17, 15) is 4.79 Å². The van der Waals surface area contributed by atoms with Gasteiger partial charge in [0.15, 0.2) is 0 Å². The molecule has 3 N–H and O–H groups in total. The number of nitrogens with two attached hydrogens (primary N) is 1. The number of aliphatic carboxylic acids is 1. The van der Waals surface area contributed by atoms with E-state index < -0.39 is 10.7 Å². The third-order valence-electron chi connectivity index (χ3n) is 2.73. The molecule has 0 saturated heterocycles. The summed E-state index contributed by atoms with van der Waals surface area (Å²) in [7, 11) is 0. The van der Waals surface area contributed by atoms with Crippen LogP contribution in [0.5, 0.6) is 0 Å². The van der Waals surface area contributed by atoms with Gasteiger partial charge in [0.2, 0.25) is 0 Å². The monoisotopic (exact) mass is 240 g/mol. The van der Waals surface area contributed by atoms with E-state index >= 15 is 0 Å². The molecular weight excluding hydrogens is 224 g/mol. The minimum Gasteiger partial charge on any atom is -0.480 e. The zero-order valence-corrected chi connectivity index (χ0v) is 10.2. The van der Waals surface area contributed by atoms with Crippen LogP contribution in [0.1, 0.15) is 31.7 Å². The molecule has 1 aromatic heterocycles. The fourth-order valence-electron chi connectivity index (χ4n) is 1.73. The van der Waals surface area contributed by atoms with Crippen LogP contribution in [0.4, 0.5) is 5.82 Å². The number of rotatable bonds is 4. The molecule has 0 spiro atoms. The summed E-state index contributed by atoms with van der Waals surface area (Å²) in [6, 6.07) is 3.47. The average Bonchev–Trinajstić information content (AvgIpc) is 2.21. The van der Waals surface area contributed by atoms with E-state index in [0.29, 0.717) is 12.2 Å². The fraction of sp³-hybridized carbons (Fsp3) is 0.455. The maximum Gasteiger partial charge on any atom is 0.319 e. The first-order valence-electron chi connectivity index (χ1n) is 5.06. The lowest BCUT2D eigenvalue weighted by Crippen LogP contribution is -2.35. The van der Waals surface area contributed by atoms with E-state index in [1.165, 1.54) is 0 Å². The van der Waals surface area contributed by atoms with Crippen LogP contribution in [-0.2, 0) is 4.79 Å². The summed E-state index contributed by atoms with van der Waals surface area (Å²) in [6.07, 6.45) is 2.29. The number of thiol groups is 1. The standard InChI is InChI=1S/C11H16N2O2S/c1-3-8(11(2,16)10(14)15)7-4-5-9(12)13-6-7/h4-6,8,16H,3H2,1-2H3,(H2,12,13)(H,14,15). The Labute approximate surface area is 100 Å². The zero-order valence-electron chi connectivity index (χ0n) is 9.34. The topological polar surface area (TPSA) is 76.2 Å². The molecular formula is C11H16N2O2S. The maximum absolute atomic E-state index is 11.1. The van der Waals surface area contributed by atoms with Gasteiger partial charge in [-0.1, -0.05) is 13.0 Å². The second-order valence-corrected chi connectivity index (χ2v) is 4.86. The summed E-state index contributed by atoms with van der Waals surface area (Å²) in [5, 5.41) is 9.14. The second-order valence-electron chi connectivity index (χ2n) is 3.93. The van der Waals surface area contributed by atoms with Crippen LogP contribution < -0.4 is 5.73 Å². The van der Waals surface area contributed by atoms with Crippen molar-refractivity contribution in [2.75, 3.05) is 5.73 Å². The van der Waals surface area contributed by atoms with Crippen LogP contribution >= 0.6 is 12.6 Å². The number of nitrogens with zero attached hydrogens (tertiary/aromatic N) is 1. The Hall–Kier alpha value is -1.23. The number of carboxylic acids is 1. The Morgan fingerprint density at radius 3 is 2.69 bits per heavy atom. The molecule has 2 atom stereocenters. The number of anilines is 1. The number of carbonyl (C=O) groups is 1. The van der Waals surface area contributed by atoms with Gasteiger partial charge in [0.1, 0.15) is 10.6 Å². The first-order chi connectivity index (χ1) is 7.39. The fourth-order valence-corrected chi connectivity index (χ4v) is 2.06. The number of aromatic nitrogens is 1. The largest absolute Gasteiger partial charge is 0.480 e. The van der Waals surface area contributed by atoms with Gasteiger partial charge in [-0.15, -0.1) is 0 Å². The van der Waals surface area contributed by atoms with Crippen molar-refractivity contribution in [2.24, 2.45) is 0 Å². The Morgan fingerprint density at radius 2 is 2.31 bits per heavy atom. The highest BCUT2D eigenvalue weighted by atomic mass is 32.1. The molecule has 0 aliphatic carbocycles. The second kappa shape index (κ2) is 4.74. The van der Waals surface area contributed by atoms with Crippen molar-refractivity contribution in [2.45, 2.75) is 30.9 Å². The Morgan fingerprint density at radius 1 is 1.69 bits per heavy atom. The molecule has 0 amide bonds. The molecule has 1 heterocycles. The van der Waals surface area contributed by atoms with Crippen molar-refractivity contribution in [3.05, 3.63) is 23.9 Å². The molecule has 0 saturated carbocycles. The van der Waals surface area contributed by atoms with Crippen LogP contribution in [0.2, 0.25) is 0 Å². The molecule has 4 nitrogen and oxygen atoms in total. The SMILES string of the molecule is CCC(c1ccc(N)nc1)C(C)(S)C(=O)O. The summed E-state index contributed by atoms with van der Waals surface area (Å²) >= 11 is 4.24. The van der Waals surface area contributed by atoms with Crippen molar-refractivity contribution >= 4 is 24.4 Å². The Kier molecular flexibility index (Phi) is 3.80. The van der Waals surface area contributed by atoms with Crippen molar-refractivity contribution in [3.8, 4) is 0 Å². The zero-order chi connectivity index (χ0) is 12.3. The van der Waals surface area contributed by atoms with Crippen LogP contribution in [-0.4, -0.2) is 20.8 Å². The Bertz CT molecular complexity index is 376. The number of hydrogen-bond acceptors (Lipinski definition) is 4. The minimum atomic E-state index is -1.10. The molecule has 0 aromatic carbocycles. The third-order valence-corrected chi connectivity index (χ3v) is 3.23. The lowest BCUT2D eigenvalue weighted by molar-refractivity contribution is -0.140. The van der Waals surface area contributed by atoms with Gasteiger partial charge in [-0.3, -0.25) is 4.79 Å². The van der Waals surface area contributed by atoms with E-state index in [0.717, 1.165) is 5.56 Å². The van der Waals surface area contributed by atoms with E-state index in [2.05, 4.69) is 17.6 Å². The third kappa shape index (κ3) is 2.47. The van der Waals surface area contributed by atoms with Gasteiger partial charge in [-0.05, 0) is 25.0 Å². The van der Waals surface area contributed by atoms with Gasteiger partial charge in [-0.2, -0.15) is 12.6 Å². The molecule has 0 bridgehead atoms. The summed E-state index contributed by atoms with van der Waals surface area (Å²) in [6.45, 7) is 3.53. The summed E-state index contributed by atoms with van der Waals surface area (Å²) in [4.78, 5) is 15.1. The quantitative estimate of drug-likeness (QED) is 0.703. The average molecular weight is 240 g/mol. The highest BCUT2D eigenvalue weighted by Crippen LogP contribution is 2.36.